The van der Waals surface area contributed by atoms with Gasteiger partial charge >= 0.3 is 0 Å². The van der Waals surface area contributed by atoms with E-state index in [1.165, 1.54) is 18.5 Å². The fourth-order valence-electron chi connectivity index (χ4n) is 3.02. The minimum atomic E-state index is -0.237. The normalized spacial score (nSPS) is 19.9. The monoisotopic (exact) mass is 328 g/mol. The lowest BCUT2D eigenvalue weighted by Crippen LogP contribution is -2.28. The highest BCUT2D eigenvalue weighted by Crippen LogP contribution is 2.37. The molecule has 6 heteroatoms. The van der Waals surface area contributed by atoms with Gasteiger partial charge in [-0.1, -0.05) is 35.9 Å². The smallest absolute Gasteiger partial charge is 0.222 e. The summed E-state index contributed by atoms with van der Waals surface area (Å²) in [7, 11) is 0. The number of nitrogens with zero attached hydrogens (tertiary/aromatic N) is 3. The molecule has 116 valence electrons. The van der Waals surface area contributed by atoms with Crippen LogP contribution in [0.3, 0.4) is 0 Å². The van der Waals surface area contributed by atoms with Gasteiger partial charge < -0.3 is 5.32 Å². The first-order valence-electron chi connectivity index (χ1n) is 7.38. The van der Waals surface area contributed by atoms with Crippen LogP contribution in [0.2, 0.25) is 5.02 Å². The van der Waals surface area contributed by atoms with Crippen LogP contribution in [0.15, 0.2) is 54.9 Å². The molecule has 0 amide bonds. The fourth-order valence-corrected chi connectivity index (χ4v) is 3.22. The summed E-state index contributed by atoms with van der Waals surface area (Å²) in [4.78, 5) is 4.28. The van der Waals surface area contributed by atoms with E-state index in [-0.39, 0.29) is 17.9 Å². The predicted molar refractivity (Wildman–Crippen MR) is 87.0 cm³/mol. The average molecular weight is 329 g/mol. The molecule has 0 saturated heterocycles. The van der Waals surface area contributed by atoms with E-state index in [9.17, 15) is 4.39 Å². The van der Waals surface area contributed by atoms with Gasteiger partial charge in [-0.2, -0.15) is 10.1 Å². The van der Waals surface area contributed by atoms with Crippen LogP contribution in [0.1, 0.15) is 29.6 Å². The Morgan fingerprint density at radius 3 is 2.74 bits per heavy atom. The molecule has 0 radical (unpaired) electrons. The minimum Gasteiger partial charge on any atom is -0.348 e. The van der Waals surface area contributed by atoms with Crippen molar-refractivity contribution < 1.29 is 4.39 Å². The zero-order valence-electron chi connectivity index (χ0n) is 12.2. The highest BCUT2D eigenvalue weighted by molar-refractivity contribution is 6.30. The lowest BCUT2D eigenvalue weighted by molar-refractivity contribution is 0.430. The second kappa shape index (κ2) is 5.66. The van der Waals surface area contributed by atoms with Gasteiger partial charge in [0.05, 0.1) is 12.1 Å². The molecule has 3 aromatic rings. The first kappa shape index (κ1) is 14.2. The van der Waals surface area contributed by atoms with Gasteiger partial charge in [0.2, 0.25) is 5.95 Å². The Hall–Kier alpha value is -2.40. The van der Waals surface area contributed by atoms with Crippen molar-refractivity contribution in [2.75, 3.05) is 5.32 Å². The quantitative estimate of drug-likeness (QED) is 0.766. The van der Waals surface area contributed by atoms with Crippen LogP contribution >= 0.6 is 11.6 Å². The van der Waals surface area contributed by atoms with E-state index in [0.717, 1.165) is 17.5 Å². The molecule has 2 atom stereocenters. The Balaban J connectivity index is 1.73. The number of rotatable bonds is 2. The van der Waals surface area contributed by atoms with E-state index in [4.69, 9.17) is 11.6 Å². The molecular weight excluding hydrogens is 315 g/mol. The zero-order chi connectivity index (χ0) is 15.8. The van der Waals surface area contributed by atoms with Gasteiger partial charge in [-0.15, -0.1) is 0 Å². The fraction of sp³-hybridized carbons (Fsp3) is 0.176. The standard InChI is InChI=1S/C17H14ClFN4/c18-13-3-1-2-12(8-13)16-9-15(11-4-6-14(19)7-5-11)22-17-20-10-21-23(16)17/h1-8,10,15-16H,9H2,(H,20,21,22)/t15-,16+/m1/s1. The number of nitrogens with one attached hydrogen (secondary N) is 1. The molecule has 0 fully saturated rings. The maximum absolute atomic E-state index is 13.2. The molecule has 4 rings (SSSR count). The Morgan fingerprint density at radius 1 is 1.13 bits per heavy atom. The van der Waals surface area contributed by atoms with Crippen LogP contribution in [0.25, 0.3) is 0 Å². The van der Waals surface area contributed by atoms with Crippen molar-refractivity contribution >= 4 is 17.5 Å². The first-order valence-corrected chi connectivity index (χ1v) is 7.75. The number of anilines is 1. The van der Waals surface area contributed by atoms with Crippen molar-refractivity contribution in [1.82, 2.24) is 14.8 Å². The van der Waals surface area contributed by atoms with Crippen LogP contribution in [-0.4, -0.2) is 14.8 Å². The lowest BCUT2D eigenvalue weighted by Gasteiger charge is -2.31. The van der Waals surface area contributed by atoms with Gasteiger partial charge in [0.25, 0.3) is 0 Å². The molecular formula is C17H14ClFN4. The van der Waals surface area contributed by atoms with Gasteiger partial charge in [0, 0.05) is 5.02 Å². The highest BCUT2D eigenvalue weighted by atomic mass is 35.5. The molecule has 1 N–H and O–H groups in total. The van der Waals surface area contributed by atoms with Gasteiger partial charge in [-0.3, -0.25) is 0 Å². The topological polar surface area (TPSA) is 42.7 Å². The zero-order valence-corrected chi connectivity index (χ0v) is 12.9. The number of hydrogen-bond acceptors (Lipinski definition) is 3. The predicted octanol–water partition coefficient (Wildman–Crippen LogP) is 4.22. The Morgan fingerprint density at radius 2 is 1.96 bits per heavy atom. The number of aromatic nitrogens is 3. The average Bonchev–Trinajstić information content (AvgIpc) is 3.03. The molecule has 23 heavy (non-hydrogen) atoms. The third-order valence-electron chi connectivity index (χ3n) is 4.14. The van der Waals surface area contributed by atoms with Gasteiger partial charge in [0.15, 0.2) is 0 Å². The summed E-state index contributed by atoms with van der Waals surface area (Å²) in [5, 5.41) is 8.38. The minimum absolute atomic E-state index is 0.0301. The maximum atomic E-state index is 13.2. The summed E-state index contributed by atoms with van der Waals surface area (Å²) in [6, 6.07) is 14.4. The van der Waals surface area contributed by atoms with E-state index in [2.05, 4.69) is 15.4 Å². The third-order valence-corrected chi connectivity index (χ3v) is 4.37. The summed E-state index contributed by atoms with van der Waals surface area (Å²) in [6.07, 6.45) is 2.31. The van der Waals surface area contributed by atoms with Crippen LogP contribution in [0.5, 0.6) is 0 Å². The van der Waals surface area contributed by atoms with Crippen molar-refractivity contribution in [2.24, 2.45) is 0 Å². The Kier molecular flexibility index (Phi) is 3.50. The number of fused-ring (bicyclic) bond motifs is 1. The molecule has 1 aliphatic heterocycles. The number of hydrogen-bond donors (Lipinski definition) is 1. The number of benzene rings is 2. The molecule has 1 aliphatic rings. The van der Waals surface area contributed by atoms with Crippen molar-refractivity contribution in [2.45, 2.75) is 18.5 Å². The summed E-state index contributed by atoms with van der Waals surface area (Å²) < 4.78 is 15.0. The Bertz CT molecular complexity index is 831. The SMILES string of the molecule is Fc1ccc([C@H]2C[C@@H](c3cccc(Cl)c3)n3ncnc3N2)cc1. The number of halogens is 2. The summed E-state index contributed by atoms with van der Waals surface area (Å²) in [6.45, 7) is 0. The summed E-state index contributed by atoms with van der Waals surface area (Å²) in [5.41, 5.74) is 2.10. The van der Waals surface area contributed by atoms with Crippen molar-refractivity contribution in [3.8, 4) is 0 Å². The molecule has 0 spiro atoms. The van der Waals surface area contributed by atoms with E-state index in [1.807, 2.05) is 28.9 Å². The molecule has 4 nitrogen and oxygen atoms in total. The first-order chi connectivity index (χ1) is 11.2. The van der Waals surface area contributed by atoms with Gasteiger partial charge in [-0.05, 0) is 41.8 Å². The van der Waals surface area contributed by atoms with Crippen LogP contribution in [0, 0.1) is 5.82 Å². The van der Waals surface area contributed by atoms with E-state index < -0.39 is 0 Å². The lowest BCUT2D eigenvalue weighted by atomic mass is 9.93. The molecule has 2 heterocycles. The third kappa shape index (κ3) is 2.68. The van der Waals surface area contributed by atoms with Crippen molar-refractivity contribution in [1.29, 1.82) is 0 Å². The molecule has 2 aromatic carbocycles. The second-order valence-corrected chi connectivity index (χ2v) is 6.02. The molecule has 0 aliphatic carbocycles. The summed E-state index contributed by atoms with van der Waals surface area (Å²) >= 11 is 6.13. The molecule has 0 saturated carbocycles. The molecule has 1 aromatic heterocycles. The maximum Gasteiger partial charge on any atom is 0.222 e. The van der Waals surface area contributed by atoms with Crippen molar-refractivity contribution in [3.63, 3.8) is 0 Å². The van der Waals surface area contributed by atoms with Gasteiger partial charge in [0.1, 0.15) is 12.1 Å². The van der Waals surface area contributed by atoms with Crippen molar-refractivity contribution in [3.05, 3.63) is 76.8 Å². The molecule has 0 bridgehead atoms. The van der Waals surface area contributed by atoms with E-state index in [1.54, 1.807) is 12.1 Å². The van der Waals surface area contributed by atoms with Gasteiger partial charge in [-0.25, -0.2) is 9.07 Å². The molecule has 0 unspecified atom stereocenters. The second-order valence-electron chi connectivity index (χ2n) is 5.58. The van der Waals surface area contributed by atoms with Crippen LogP contribution in [0.4, 0.5) is 10.3 Å². The van der Waals surface area contributed by atoms with Crippen LogP contribution < -0.4 is 5.32 Å². The van der Waals surface area contributed by atoms with E-state index >= 15 is 0 Å². The highest BCUT2D eigenvalue weighted by Gasteiger charge is 2.29. The largest absolute Gasteiger partial charge is 0.348 e. The van der Waals surface area contributed by atoms with E-state index in [0.29, 0.717) is 11.0 Å². The summed E-state index contributed by atoms with van der Waals surface area (Å²) in [5.74, 6) is 0.467. The van der Waals surface area contributed by atoms with Crippen LogP contribution in [-0.2, 0) is 0 Å². The Labute approximate surface area is 137 Å².